The summed E-state index contributed by atoms with van der Waals surface area (Å²) < 4.78 is 5.01. The highest BCUT2D eigenvalue weighted by Gasteiger charge is 2.24. The fourth-order valence-corrected chi connectivity index (χ4v) is 3.02. The first-order valence-corrected chi connectivity index (χ1v) is 6.49. The molecule has 0 radical (unpaired) electrons. The molecule has 1 amide bonds. The molecule has 3 nitrogen and oxygen atoms in total. The Morgan fingerprint density at radius 1 is 1.69 bits per heavy atom. The average Bonchev–Trinajstić information content (AvgIpc) is 2.77. The molecule has 1 aliphatic carbocycles. The molecule has 2 atom stereocenters. The number of methoxy groups -OCH3 is 1. The van der Waals surface area contributed by atoms with Gasteiger partial charge in [0, 0.05) is 12.0 Å². The Labute approximate surface area is 99.8 Å². The summed E-state index contributed by atoms with van der Waals surface area (Å²) in [5.41, 5.74) is 1.30. The third kappa shape index (κ3) is 2.28. The molecule has 0 saturated carbocycles. The van der Waals surface area contributed by atoms with Gasteiger partial charge >= 0.3 is 0 Å². The van der Waals surface area contributed by atoms with Crippen LogP contribution in [0.1, 0.15) is 36.2 Å². The van der Waals surface area contributed by atoms with Crippen molar-refractivity contribution in [3.63, 3.8) is 0 Å². The molecule has 16 heavy (non-hydrogen) atoms. The Morgan fingerprint density at radius 2 is 2.50 bits per heavy atom. The van der Waals surface area contributed by atoms with E-state index in [4.69, 9.17) is 4.74 Å². The zero-order chi connectivity index (χ0) is 11.5. The molecular weight excluding hydrogens is 222 g/mol. The van der Waals surface area contributed by atoms with E-state index in [1.807, 2.05) is 0 Å². The third-order valence-corrected chi connectivity index (χ3v) is 4.09. The first-order chi connectivity index (χ1) is 7.72. The van der Waals surface area contributed by atoms with Crippen LogP contribution in [0, 0.1) is 0 Å². The van der Waals surface area contributed by atoms with E-state index in [1.165, 1.54) is 10.4 Å². The average molecular weight is 239 g/mol. The number of aryl methyl sites for hydroxylation is 1. The number of hydrogen-bond acceptors (Lipinski definition) is 3. The summed E-state index contributed by atoms with van der Waals surface area (Å²) in [6.45, 7) is 1.77. The molecule has 2 unspecified atom stereocenters. The number of fused-ring (bicyclic) bond motifs is 1. The Kier molecular flexibility index (Phi) is 3.61. The van der Waals surface area contributed by atoms with Gasteiger partial charge in [0.05, 0.1) is 6.04 Å². The number of rotatable bonds is 3. The monoisotopic (exact) mass is 239 g/mol. The maximum Gasteiger partial charge on any atom is 0.249 e. The van der Waals surface area contributed by atoms with E-state index in [0.717, 1.165) is 19.3 Å². The van der Waals surface area contributed by atoms with Crippen molar-refractivity contribution >= 4 is 17.2 Å². The minimum Gasteiger partial charge on any atom is -0.372 e. The highest BCUT2D eigenvalue weighted by Crippen LogP contribution is 2.33. The topological polar surface area (TPSA) is 38.3 Å². The van der Waals surface area contributed by atoms with Crippen LogP contribution in [0.5, 0.6) is 0 Å². The van der Waals surface area contributed by atoms with Crippen molar-refractivity contribution in [3.8, 4) is 0 Å². The molecule has 1 aromatic rings. The van der Waals surface area contributed by atoms with E-state index >= 15 is 0 Å². The molecule has 1 aliphatic rings. The lowest BCUT2D eigenvalue weighted by Gasteiger charge is -2.24. The number of carbonyl (C=O) groups excluding carboxylic acids is 1. The molecule has 0 fully saturated rings. The molecular formula is C12H17NO2S. The lowest BCUT2D eigenvalue weighted by molar-refractivity contribution is -0.130. The number of carbonyl (C=O) groups is 1. The van der Waals surface area contributed by atoms with Gasteiger partial charge in [0.1, 0.15) is 6.10 Å². The van der Waals surface area contributed by atoms with E-state index in [0.29, 0.717) is 0 Å². The lowest BCUT2D eigenvalue weighted by atomic mass is 9.94. The van der Waals surface area contributed by atoms with E-state index in [2.05, 4.69) is 16.8 Å². The Morgan fingerprint density at radius 3 is 3.25 bits per heavy atom. The van der Waals surface area contributed by atoms with Crippen LogP contribution in [0.2, 0.25) is 0 Å². The second-order valence-corrected chi connectivity index (χ2v) is 5.13. The molecule has 4 heteroatoms. The minimum absolute atomic E-state index is 0.0217. The Balaban J connectivity index is 2.05. The standard InChI is InChI=1S/C12H17NO2S/c1-8(15-2)12(14)13-10-4-3-5-11-9(10)6-7-16-11/h6-8,10H,3-5H2,1-2H3,(H,13,14). The quantitative estimate of drug-likeness (QED) is 0.878. The van der Waals surface area contributed by atoms with Crippen LogP contribution >= 0.6 is 11.3 Å². The molecule has 0 aromatic carbocycles. The number of hydrogen-bond donors (Lipinski definition) is 1. The summed E-state index contributed by atoms with van der Waals surface area (Å²) in [7, 11) is 1.56. The maximum atomic E-state index is 11.7. The third-order valence-electron chi connectivity index (χ3n) is 3.09. The normalized spacial score (nSPS) is 21.2. The van der Waals surface area contributed by atoms with E-state index in [1.54, 1.807) is 25.4 Å². The molecule has 1 heterocycles. The summed E-state index contributed by atoms with van der Waals surface area (Å²) in [6.07, 6.45) is 2.97. The van der Waals surface area contributed by atoms with Gasteiger partial charge in [0.2, 0.25) is 5.91 Å². The summed E-state index contributed by atoms with van der Waals surface area (Å²) in [6, 6.07) is 2.31. The molecule has 1 aromatic heterocycles. The fourth-order valence-electron chi connectivity index (χ4n) is 2.03. The van der Waals surface area contributed by atoms with Crippen LogP contribution in [0.25, 0.3) is 0 Å². The first kappa shape index (κ1) is 11.6. The van der Waals surface area contributed by atoms with Gasteiger partial charge in [-0.2, -0.15) is 0 Å². The van der Waals surface area contributed by atoms with Crippen LogP contribution in [-0.4, -0.2) is 19.1 Å². The summed E-state index contributed by atoms with van der Waals surface area (Å²) in [5.74, 6) is -0.0217. The SMILES string of the molecule is COC(C)C(=O)NC1CCCc2sccc21. The largest absolute Gasteiger partial charge is 0.372 e. The summed E-state index contributed by atoms with van der Waals surface area (Å²) in [5, 5.41) is 5.16. The molecule has 0 spiro atoms. The van der Waals surface area contributed by atoms with Crippen molar-refractivity contribution in [2.75, 3.05) is 7.11 Å². The van der Waals surface area contributed by atoms with Crippen molar-refractivity contribution in [3.05, 3.63) is 21.9 Å². The van der Waals surface area contributed by atoms with Gasteiger partial charge in [-0.25, -0.2) is 0 Å². The van der Waals surface area contributed by atoms with E-state index < -0.39 is 0 Å². The number of amides is 1. The zero-order valence-electron chi connectivity index (χ0n) is 9.66. The Bertz CT molecular complexity index is 375. The van der Waals surface area contributed by atoms with Crippen molar-refractivity contribution in [1.29, 1.82) is 0 Å². The molecule has 1 N–H and O–H groups in total. The highest BCUT2D eigenvalue weighted by atomic mass is 32.1. The number of ether oxygens (including phenoxy) is 1. The van der Waals surface area contributed by atoms with E-state index in [9.17, 15) is 4.79 Å². The second-order valence-electron chi connectivity index (χ2n) is 4.13. The van der Waals surface area contributed by atoms with Crippen LogP contribution < -0.4 is 5.32 Å². The van der Waals surface area contributed by atoms with Crippen molar-refractivity contribution in [1.82, 2.24) is 5.32 Å². The van der Waals surface area contributed by atoms with Gasteiger partial charge in [-0.15, -0.1) is 11.3 Å². The molecule has 0 bridgehead atoms. The predicted molar refractivity (Wildman–Crippen MR) is 64.6 cm³/mol. The van der Waals surface area contributed by atoms with Gasteiger partial charge in [-0.1, -0.05) is 0 Å². The highest BCUT2D eigenvalue weighted by molar-refractivity contribution is 7.10. The van der Waals surface area contributed by atoms with Gasteiger partial charge in [0.15, 0.2) is 0 Å². The smallest absolute Gasteiger partial charge is 0.249 e. The van der Waals surface area contributed by atoms with Crippen LogP contribution in [-0.2, 0) is 16.0 Å². The van der Waals surface area contributed by atoms with Crippen LogP contribution in [0.15, 0.2) is 11.4 Å². The fraction of sp³-hybridized carbons (Fsp3) is 0.583. The maximum absolute atomic E-state index is 11.7. The van der Waals surface area contributed by atoms with Gasteiger partial charge in [-0.05, 0) is 43.2 Å². The first-order valence-electron chi connectivity index (χ1n) is 5.62. The second kappa shape index (κ2) is 4.97. The number of nitrogens with one attached hydrogen (secondary N) is 1. The summed E-state index contributed by atoms with van der Waals surface area (Å²) >= 11 is 1.79. The summed E-state index contributed by atoms with van der Waals surface area (Å²) in [4.78, 5) is 13.2. The lowest BCUT2D eigenvalue weighted by Crippen LogP contribution is -2.37. The van der Waals surface area contributed by atoms with Crippen molar-refractivity contribution in [2.45, 2.75) is 38.3 Å². The van der Waals surface area contributed by atoms with E-state index in [-0.39, 0.29) is 18.1 Å². The molecule has 0 aliphatic heterocycles. The van der Waals surface area contributed by atoms with Crippen molar-refractivity contribution < 1.29 is 9.53 Å². The Hall–Kier alpha value is -0.870. The molecule has 2 rings (SSSR count). The van der Waals surface area contributed by atoms with Crippen LogP contribution in [0.4, 0.5) is 0 Å². The minimum atomic E-state index is -0.371. The van der Waals surface area contributed by atoms with Crippen molar-refractivity contribution in [2.24, 2.45) is 0 Å². The van der Waals surface area contributed by atoms with Gasteiger partial charge in [-0.3, -0.25) is 4.79 Å². The number of thiophene rings is 1. The predicted octanol–water partition coefficient (Wildman–Crippen LogP) is 2.28. The molecule has 88 valence electrons. The molecule has 0 saturated heterocycles. The van der Waals surface area contributed by atoms with Crippen LogP contribution in [0.3, 0.4) is 0 Å². The van der Waals surface area contributed by atoms with Gasteiger partial charge in [0.25, 0.3) is 0 Å². The van der Waals surface area contributed by atoms with Gasteiger partial charge < -0.3 is 10.1 Å². The zero-order valence-corrected chi connectivity index (χ0v) is 10.5.